The standard InChI is InChI=1S/C13H12N6S/c1-7-16-13(19-18-7)20-11-6-9(12(14)15)8-4-2-3-5-10(8)17-11/h2-6H,1H3,(H3,14,15)(H,16,18,19). The van der Waals surface area contributed by atoms with Crippen molar-refractivity contribution in [3.63, 3.8) is 0 Å². The third-order valence-corrected chi connectivity index (χ3v) is 3.54. The minimum atomic E-state index is 0.0246. The molecule has 0 bridgehead atoms. The van der Waals surface area contributed by atoms with Crippen LogP contribution in [0.25, 0.3) is 10.9 Å². The number of benzene rings is 1. The highest BCUT2D eigenvalue weighted by atomic mass is 32.2. The van der Waals surface area contributed by atoms with E-state index in [1.165, 1.54) is 11.8 Å². The van der Waals surface area contributed by atoms with Gasteiger partial charge in [0.25, 0.3) is 0 Å². The zero-order chi connectivity index (χ0) is 14.1. The minimum absolute atomic E-state index is 0.0246. The van der Waals surface area contributed by atoms with Gasteiger partial charge in [-0.15, -0.1) is 5.10 Å². The molecular formula is C13H12N6S. The van der Waals surface area contributed by atoms with E-state index in [4.69, 9.17) is 11.1 Å². The van der Waals surface area contributed by atoms with Gasteiger partial charge in [0.05, 0.1) is 5.52 Å². The molecule has 0 radical (unpaired) electrons. The van der Waals surface area contributed by atoms with Crippen LogP contribution >= 0.6 is 11.8 Å². The first-order valence-electron chi connectivity index (χ1n) is 5.94. The zero-order valence-corrected chi connectivity index (χ0v) is 11.5. The van der Waals surface area contributed by atoms with Crippen LogP contribution in [0.5, 0.6) is 0 Å². The van der Waals surface area contributed by atoms with Crippen LogP contribution in [0.1, 0.15) is 11.4 Å². The molecule has 0 fully saturated rings. The molecule has 20 heavy (non-hydrogen) atoms. The predicted octanol–water partition coefficient (Wildman–Crippen LogP) is 2.10. The van der Waals surface area contributed by atoms with Gasteiger partial charge in [0.2, 0.25) is 5.16 Å². The summed E-state index contributed by atoms with van der Waals surface area (Å²) in [5.74, 6) is 0.775. The minimum Gasteiger partial charge on any atom is -0.384 e. The van der Waals surface area contributed by atoms with Crippen LogP contribution in [0.2, 0.25) is 0 Å². The summed E-state index contributed by atoms with van der Waals surface area (Å²) in [6, 6.07) is 9.41. The molecule has 7 heteroatoms. The Morgan fingerprint density at radius 2 is 2.10 bits per heavy atom. The van der Waals surface area contributed by atoms with Crippen molar-refractivity contribution in [2.75, 3.05) is 0 Å². The van der Waals surface area contributed by atoms with Crippen molar-refractivity contribution in [2.45, 2.75) is 17.1 Å². The molecule has 0 aliphatic carbocycles. The highest BCUT2D eigenvalue weighted by molar-refractivity contribution is 7.99. The van der Waals surface area contributed by atoms with Crippen LogP contribution in [-0.4, -0.2) is 26.0 Å². The number of aromatic amines is 1. The quantitative estimate of drug-likeness (QED) is 0.504. The maximum atomic E-state index is 7.70. The molecule has 0 atom stereocenters. The molecule has 2 heterocycles. The van der Waals surface area contributed by atoms with Gasteiger partial charge in [-0.2, -0.15) is 0 Å². The Morgan fingerprint density at radius 3 is 2.80 bits per heavy atom. The Kier molecular flexibility index (Phi) is 3.11. The topological polar surface area (TPSA) is 104 Å². The van der Waals surface area contributed by atoms with Gasteiger partial charge in [-0.05, 0) is 30.8 Å². The Labute approximate surface area is 119 Å². The maximum absolute atomic E-state index is 7.70. The summed E-state index contributed by atoms with van der Waals surface area (Å²) >= 11 is 1.34. The van der Waals surface area contributed by atoms with Gasteiger partial charge in [0.15, 0.2) is 0 Å². The summed E-state index contributed by atoms with van der Waals surface area (Å²) in [5, 5.41) is 16.7. The molecule has 2 aromatic heterocycles. The fourth-order valence-electron chi connectivity index (χ4n) is 1.89. The molecule has 3 rings (SSSR count). The van der Waals surface area contributed by atoms with Gasteiger partial charge in [-0.1, -0.05) is 18.2 Å². The summed E-state index contributed by atoms with van der Waals surface area (Å²) < 4.78 is 0. The van der Waals surface area contributed by atoms with Crippen LogP contribution < -0.4 is 5.73 Å². The summed E-state index contributed by atoms with van der Waals surface area (Å²) in [4.78, 5) is 8.77. The molecule has 0 amide bonds. The lowest BCUT2D eigenvalue weighted by molar-refractivity contribution is 0.966. The van der Waals surface area contributed by atoms with E-state index >= 15 is 0 Å². The number of aryl methyl sites for hydroxylation is 1. The number of nitrogens with zero attached hydrogens (tertiary/aromatic N) is 3. The molecule has 0 saturated carbocycles. The fourth-order valence-corrected chi connectivity index (χ4v) is 2.67. The van der Waals surface area contributed by atoms with Crippen LogP contribution in [0.15, 0.2) is 40.5 Å². The van der Waals surface area contributed by atoms with Crippen molar-refractivity contribution in [2.24, 2.45) is 5.73 Å². The van der Waals surface area contributed by atoms with E-state index < -0.39 is 0 Å². The highest BCUT2D eigenvalue weighted by Gasteiger charge is 2.10. The van der Waals surface area contributed by atoms with Gasteiger partial charge >= 0.3 is 0 Å². The smallest absolute Gasteiger partial charge is 0.214 e. The largest absolute Gasteiger partial charge is 0.384 e. The van der Waals surface area contributed by atoms with Gasteiger partial charge < -0.3 is 5.73 Å². The third-order valence-electron chi connectivity index (χ3n) is 2.76. The summed E-state index contributed by atoms with van der Waals surface area (Å²) in [6.07, 6.45) is 0. The van der Waals surface area contributed by atoms with E-state index in [0.29, 0.717) is 15.7 Å². The normalized spacial score (nSPS) is 10.8. The Morgan fingerprint density at radius 1 is 1.30 bits per heavy atom. The van der Waals surface area contributed by atoms with Crippen LogP contribution in [-0.2, 0) is 0 Å². The lowest BCUT2D eigenvalue weighted by Gasteiger charge is -2.06. The number of nitrogens with two attached hydrogens (primary N) is 1. The average Bonchev–Trinajstić information content (AvgIpc) is 2.83. The zero-order valence-electron chi connectivity index (χ0n) is 10.7. The second-order valence-electron chi connectivity index (χ2n) is 4.24. The first kappa shape index (κ1) is 12.6. The number of nitrogens with one attached hydrogen (secondary N) is 2. The molecule has 0 unspecified atom stereocenters. The lowest BCUT2D eigenvalue weighted by atomic mass is 10.1. The van der Waals surface area contributed by atoms with Gasteiger partial charge in [0, 0.05) is 10.9 Å². The fraction of sp³-hybridized carbons (Fsp3) is 0.0769. The number of fused-ring (bicyclic) bond motifs is 1. The van der Waals surface area contributed by atoms with Crippen molar-refractivity contribution < 1.29 is 0 Å². The molecule has 6 nitrogen and oxygen atoms in total. The van der Waals surface area contributed by atoms with E-state index in [2.05, 4.69) is 20.2 Å². The number of nitrogen functional groups attached to an aromatic ring is 1. The monoisotopic (exact) mass is 284 g/mol. The van der Waals surface area contributed by atoms with E-state index in [-0.39, 0.29) is 5.84 Å². The van der Waals surface area contributed by atoms with E-state index in [1.54, 1.807) is 6.07 Å². The maximum Gasteiger partial charge on any atom is 0.214 e. The van der Waals surface area contributed by atoms with Crippen molar-refractivity contribution in [1.29, 1.82) is 5.41 Å². The highest BCUT2D eigenvalue weighted by Crippen LogP contribution is 2.27. The van der Waals surface area contributed by atoms with Crippen molar-refractivity contribution in [3.8, 4) is 0 Å². The van der Waals surface area contributed by atoms with Crippen LogP contribution in [0, 0.1) is 12.3 Å². The number of rotatable bonds is 3. The van der Waals surface area contributed by atoms with Crippen molar-refractivity contribution in [1.82, 2.24) is 20.2 Å². The summed E-state index contributed by atoms with van der Waals surface area (Å²) in [7, 11) is 0. The number of hydrogen-bond acceptors (Lipinski definition) is 5. The molecule has 0 saturated heterocycles. The lowest BCUT2D eigenvalue weighted by Crippen LogP contribution is -2.12. The van der Waals surface area contributed by atoms with Crippen LogP contribution in [0.4, 0.5) is 0 Å². The molecule has 4 N–H and O–H groups in total. The van der Waals surface area contributed by atoms with Crippen molar-refractivity contribution in [3.05, 3.63) is 41.7 Å². The second-order valence-corrected chi connectivity index (χ2v) is 5.23. The van der Waals surface area contributed by atoms with Gasteiger partial charge in [-0.25, -0.2) is 9.97 Å². The average molecular weight is 284 g/mol. The van der Waals surface area contributed by atoms with Gasteiger partial charge in [0.1, 0.15) is 16.7 Å². The van der Waals surface area contributed by atoms with E-state index in [9.17, 15) is 0 Å². The molecule has 1 aromatic carbocycles. The summed E-state index contributed by atoms with van der Waals surface area (Å²) in [6.45, 7) is 1.84. The predicted molar refractivity (Wildman–Crippen MR) is 78.0 cm³/mol. The van der Waals surface area contributed by atoms with Crippen molar-refractivity contribution >= 4 is 28.5 Å². The third kappa shape index (κ3) is 2.35. The second kappa shape index (κ2) is 4.93. The number of H-pyrrole nitrogens is 1. The molecule has 0 aliphatic rings. The summed E-state index contributed by atoms with van der Waals surface area (Å²) in [5.41, 5.74) is 7.13. The molecule has 3 aromatic rings. The molecule has 0 spiro atoms. The number of pyridine rings is 1. The van der Waals surface area contributed by atoms with Crippen LogP contribution in [0.3, 0.4) is 0 Å². The Hall–Kier alpha value is -2.41. The van der Waals surface area contributed by atoms with Gasteiger partial charge in [-0.3, -0.25) is 10.5 Å². The molecule has 100 valence electrons. The first-order chi connectivity index (χ1) is 9.63. The molecule has 0 aliphatic heterocycles. The number of para-hydroxylation sites is 1. The van der Waals surface area contributed by atoms with E-state index in [0.717, 1.165) is 16.7 Å². The number of amidine groups is 1. The number of aromatic nitrogens is 4. The Balaban J connectivity index is 2.10. The number of hydrogen-bond donors (Lipinski definition) is 3. The molecular weight excluding hydrogens is 272 g/mol. The van der Waals surface area contributed by atoms with E-state index in [1.807, 2.05) is 31.2 Å². The Bertz CT molecular complexity index is 794. The SMILES string of the molecule is Cc1nc(Sc2cc(C(=N)N)c3ccccc3n2)n[nH]1. The first-order valence-corrected chi connectivity index (χ1v) is 6.76.